The Bertz CT molecular complexity index is 2550. The van der Waals surface area contributed by atoms with E-state index in [4.69, 9.17) is 13.9 Å². The van der Waals surface area contributed by atoms with Gasteiger partial charge in [0.25, 0.3) is 0 Å². The van der Waals surface area contributed by atoms with E-state index in [1.54, 1.807) is 18.2 Å². The second kappa shape index (κ2) is 16.4. The minimum atomic E-state index is -0.838. The molecule has 10 nitrogen and oxygen atoms in total. The highest BCUT2D eigenvalue weighted by molar-refractivity contribution is 5.94. The molecule has 6 aromatic rings. The van der Waals surface area contributed by atoms with Gasteiger partial charge in [-0.3, -0.25) is 4.79 Å². The standard InChI is InChI=1S/C47H45N3O7/c1-3-34-26-38-32-11-7-10-30(24-32)25-33(13-16-35-28-50(22-21-48-35)47(38)49-34)41-43(54)46(55-2)45(56-23-20-37(52)17-12-29-8-5-4-6-9-29)42-39(53)27-40(57-44(41)42)31-14-18-36(51)19-15-31/h4-12,14-15,17-19,24,26-27,33,35,37,48-49,51-52,54H,3,20-23,25,28H2,1-2H3. The van der Waals surface area contributed by atoms with Gasteiger partial charge >= 0.3 is 0 Å². The molecule has 4 heterocycles. The van der Waals surface area contributed by atoms with Crippen molar-refractivity contribution in [3.05, 3.63) is 130 Å². The second-order valence-corrected chi connectivity index (χ2v) is 14.4. The number of hydrogen-bond donors (Lipinski definition) is 5. The van der Waals surface area contributed by atoms with Gasteiger partial charge in [0.1, 0.15) is 22.7 Å². The van der Waals surface area contributed by atoms with Crippen LogP contribution in [0.15, 0.2) is 106 Å². The number of aliphatic hydroxyl groups excluding tert-OH is 1. The van der Waals surface area contributed by atoms with Crippen LogP contribution in [0.1, 0.15) is 41.6 Å². The summed E-state index contributed by atoms with van der Waals surface area (Å²) in [7, 11) is 1.41. The molecule has 2 aliphatic rings. The van der Waals surface area contributed by atoms with Crippen molar-refractivity contribution < 1.29 is 29.2 Å². The molecule has 4 aromatic carbocycles. The number of aryl methyl sites for hydroxylation is 1. The van der Waals surface area contributed by atoms with E-state index in [0.717, 1.165) is 53.3 Å². The van der Waals surface area contributed by atoms with Gasteiger partial charge in [0.2, 0.25) is 5.75 Å². The van der Waals surface area contributed by atoms with Crippen LogP contribution in [0.2, 0.25) is 0 Å². The van der Waals surface area contributed by atoms with Crippen molar-refractivity contribution in [3.63, 3.8) is 0 Å². The smallest absolute Gasteiger partial charge is 0.204 e. The number of fused-ring (bicyclic) bond motifs is 8. The molecule has 3 atom stereocenters. The lowest BCUT2D eigenvalue weighted by atomic mass is 9.88. The summed E-state index contributed by atoms with van der Waals surface area (Å²) >= 11 is 0. The number of phenolic OH excluding ortho intramolecular Hbond substituents is 2. The van der Waals surface area contributed by atoms with Gasteiger partial charge in [-0.2, -0.15) is 0 Å². The SMILES string of the molecule is CCc1cc2c([nH]1)N1CCNC(C#CC(c3c(O)c(OC)c(OCCC(O)C=Cc4ccccc4)c4c(=O)cc(-c5ccc(O)cc5)oc34)Cc3cccc-2c3)C1. The molecule has 2 aliphatic heterocycles. The number of aromatic hydroxyl groups is 2. The average Bonchev–Trinajstić information content (AvgIpc) is 3.67. The molecule has 0 radical (unpaired) electrons. The molecule has 10 heteroatoms. The summed E-state index contributed by atoms with van der Waals surface area (Å²) in [6, 6.07) is 27.8. The Morgan fingerprint density at radius 3 is 2.60 bits per heavy atom. The Kier molecular flexibility index (Phi) is 10.8. The third kappa shape index (κ3) is 7.85. The van der Waals surface area contributed by atoms with Gasteiger partial charge in [0, 0.05) is 48.9 Å². The van der Waals surface area contributed by atoms with Crippen molar-refractivity contribution in [1.29, 1.82) is 0 Å². The molecule has 4 bridgehead atoms. The maximum atomic E-state index is 14.3. The lowest BCUT2D eigenvalue weighted by Gasteiger charge is -2.33. The number of aromatic nitrogens is 1. The molecule has 0 aliphatic carbocycles. The summed E-state index contributed by atoms with van der Waals surface area (Å²) in [5.74, 6) is 7.45. The molecule has 5 N–H and O–H groups in total. The fraction of sp³-hybridized carbons (Fsp3) is 0.255. The largest absolute Gasteiger partial charge is 0.508 e. The van der Waals surface area contributed by atoms with Gasteiger partial charge in [-0.05, 0) is 59.9 Å². The van der Waals surface area contributed by atoms with Crippen molar-refractivity contribution in [1.82, 2.24) is 10.3 Å². The summed E-state index contributed by atoms with van der Waals surface area (Å²) in [6.45, 7) is 4.34. The normalized spacial score (nSPS) is 16.9. The Balaban J connectivity index is 1.26. The molecule has 1 saturated heterocycles. The highest BCUT2D eigenvalue weighted by atomic mass is 16.5. The van der Waals surface area contributed by atoms with Crippen LogP contribution < -0.4 is 25.1 Å². The van der Waals surface area contributed by atoms with Crippen LogP contribution in [-0.2, 0) is 12.8 Å². The van der Waals surface area contributed by atoms with Crippen molar-refractivity contribution in [2.45, 2.75) is 44.2 Å². The minimum Gasteiger partial charge on any atom is -0.508 e. The van der Waals surface area contributed by atoms with E-state index in [1.807, 2.05) is 48.5 Å². The first-order valence-electron chi connectivity index (χ1n) is 19.3. The molecule has 0 amide bonds. The maximum Gasteiger partial charge on any atom is 0.204 e. The van der Waals surface area contributed by atoms with Crippen LogP contribution in [0.4, 0.5) is 5.82 Å². The van der Waals surface area contributed by atoms with E-state index < -0.39 is 17.5 Å². The van der Waals surface area contributed by atoms with E-state index in [1.165, 1.54) is 25.3 Å². The van der Waals surface area contributed by atoms with Gasteiger partial charge in [0.05, 0.1) is 37.3 Å². The molecular formula is C47H45N3O7. The minimum absolute atomic E-state index is 0.00443. The molecular weight excluding hydrogens is 719 g/mol. The molecule has 0 spiro atoms. The van der Waals surface area contributed by atoms with Crippen LogP contribution in [0, 0.1) is 11.8 Å². The topological polar surface area (TPSA) is 140 Å². The summed E-state index contributed by atoms with van der Waals surface area (Å²) in [5, 5.41) is 36.7. The summed E-state index contributed by atoms with van der Waals surface area (Å²) < 4.78 is 18.7. The Morgan fingerprint density at radius 2 is 1.81 bits per heavy atom. The van der Waals surface area contributed by atoms with Crippen LogP contribution >= 0.6 is 0 Å². The Hall–Kier alpha value is -6.41. The number of methoxy groups -OCH3 is 1. The van der Waals surface area contributed by atoms with Gasteiger partial charge in [-0.1, -0.05) is 85.5 Å². The number of hydrogen-bond acceptors (Lipinski definition) is 9. The number of nitrogens with one attached hydrogen (secondary N) is 2. The third-order valence-corrected chi connectivity index (χ3v) is 10.6. The van der Waals surface area contributed by atoms with Crippen LogP contribution in [-0.4, -0.2) is 65.8 Å². The number of anilines is 1. The van der Waals surface area contributed by atoms with E-state index in [-0.39, 0.29) is 58.8 Å². The van der Waals surface area contributed by atoms with Gasteiger partial charge in [0.15, 0.2) is 22.5 Å². The fourth-order valence-electron chi connectivity index (χ4n) is 7.67. The average molecular weight is 764 g/mol. The number of piperazine rings is 1. The highest BCUT2D eigenvalue weighted by Gasteiger charge is 2.31. The van der Waals surface area contributed by atoms with Crippen LogP contribution in [0.3, 0.4) is 0 Å². The van der Waals surface area contributed by atoms with Crippen LogP contribution in [0.5, 0.6) is 23.0 Å². The van der Waals surface area contributed by atoms with E-state index in [9.17, 15) is 20.1 Å². The Morgan fingerprint density at radius 1 is 0.982 bits per heavy atom. The monoisotopic (exact) mass is 763 g/mol. The first-order chi connectivity index (χ1) is 27.8. The van der Waals surface area contributed by atoms with Crippen molar-refractivity contribution in [3.8, 4) is 57.3 Å². The van der Waals surface area contributed by atoms with Crippen LogP contribution in [0.25, 0.3) is 39.5 Å². The van der Waals surface area contributed by atoms with E-state index in [0.29, 0.717) is 24.1 Å². The Labute approximate surface area is 331 Å². The number of H-pyrrole nitrogens is 1. The third-order valence-electron chi connectivity index (χ3n) is 10.6. The predicted octanol–water partition coefficient (Wildman–Crippen LogP) is 7.40. The number of ether oxygens (including phenoxy) is 2. The number of benzene rings is 4. The van der Waals surface area contributed by atoms with E-state index in [2.05, 4.69) is 52.2 Å². The first-order valence-corrected chi connectivity index (χ1v) is 19.3. The number of aromatic amines is 1. The fourth-order valence-corrected chi connectivity index (χ4v) is 7.67. The van der Waals surface area contributed by atoms with E-state index >= 15 is 0 Å². The summed E-state index contributed by atoms with van der Waals surface area (Å²) in [5.41, 5.74) is 5.83. The number of aliphatic hydroxyl groups is 1. The molecule has 1 fully saturated rings. The number of nitrogens with zero attached hydrogens (tertiary/aromatic N) is 1. The summed E-state index contributed by atoms with van der Waals surface area (Å²) in [6.07, 6.45) is 4.14. The predicted molar refractivity (Wildman–Crippen MR) is 223 cm³/mol. The number of phenols is 2. The zero-order chi connectivity index (χ0) is 39.5. The quantitative estimate of drug-likeness (QED) is 0.0904. The molecule has 3 unspecified atom stereocenters. The lowest BCUT2D eigenvalue weighted by Crippen LogP contribution is -2.50. The summed E-state index contributed by atoms with van der Waals surface area (Å²) in [4.78, 5) is 20.3. The van der Waals surface area contributed by atoms with Crippen molar-refractivity contribution in [2.75, 3.05) is 38.3 Å². The lowest BCUT2D eigenvalue weighted by molar-refractivity contribution is 0.177. The number of rotatable bonds is 10. The maximum absolute atomic E-state index is 14.3. The molecule has 290 valence electrons. The first kappa shape index (κ1) is 37.5. The van der Waals surface area contributed by atoms with Gasteiger partial charge in [-0.15, -0.1) is 0 Å². The van der Waals surface area contributed by atoms with Gasteiger partial charge < -0.3 is 44.4 Å². The second-order valence-electron chi connectivity index (χ2n) is 14.4. The van der Waals surface area contributed by atoms with Crippen molar-refractivity contribution in [2.24, 2.45) is 0 Å². The highest BCUT2D eigenvalue weighted by Crippen LogP contribution is 2.49. The molecule has 0 saturated carbocycles. The molecule has 8 rings (SSSR count). The van der Waals surface area contributed by atoms with Gasteiger partial charge in [-0.25, -0.2) is 0 Å². The van der Waals surface area contributed by atoms with Crippen molar-refractivity contribution >= 4 is 22.9 Å². The molecule has 2 aromatic heterocycles. The zero-order valence-corrected chi connectivity index (χ0v) is 31.9. The molecule has 57 heavy (non-hydrogen) atoms. The zero-order valence-electron chi connectivity index (χ0n) is 31.9.